The summed E-state index contributed by atoms with van der Waals surface area (Å²) in [5.41, 5.74) is 1.52. The summed E-state index contributed by atoms with van der Waals surface area (Å²) in [7, 11) is 0. The average molecular weight is 354 g/mol. The lowest BCUT2D eigenvalue weighted by Crippen LogP contribution is -2.38. The van der Waals surface area contributed by atoms with E-state index in [0.29, 0.717) is 12.2 Å². The normalized spacial score (nSPS) is 15.4. The molecule has 1 fully saturated rings. The van der Waals surface area contributed by atoms with Crippen molar-refractivity contribution in [2.45, 2.75) is 18.9 Å². The highest BCUT2D eigenvalue weighted by Crippen LogP contribution is 2.24. The number of likely N-dealkylation sites (tertiary alicyclic amines) is 1. The van der Waals surface area contributed by atoms with E-state index in [1.54, 1.807) is 12.1 Å². The molecule has 1 saturated heterocycles. The minimum absolute atomic E-state index is 0.0537. The molecule has 0 aromatic heterocycles. The fourth-order valence-corrected chi connectivity index (χ4v) is 3.25. The Labute approximate surface area is 152 Å². The number of anilines is 1. The van der Waals surface area contributed by atoms with Gasteiger partial charge in [-0.1, -0.05) is 36.4 Å². The second-order valence-electron chi connectivity index (χ2n) is 6.31. The fraction of sp³-hybridized carbons (Fsp3) is 0.316. The highest BCUT2D eigenvalue weighted by Gasteiger charge is 2.23. The first-order valence-electron chi connectivity index (χ1n) is 8.72. The van der Waals surface area contributed by atoms with Crippen molar-refractivity contribution in [2.24, 2.45) is 0 Å². The highest BCUT2D eigenvalue weighted by molar-refractivity contribution is 5.89. The molecular formula is C19H22N4O3. The summed E-state index contributed by atoms with van der Waals surface area (Å²) in [4.78, 5) is 25.0. The lowest BCUT2D eigenvalue weighted by atomic mass is 10.1. The Bertz CT molecular complexity index is 760. The van der Waals surface area contributed by atoms with E-state index in [-0.39, 0.29) is 17.8 Å². The van der Waals surface area contributed by atoms with Gasteiger partial charge in [0.05, 0.1) is 11.0 Å². The smallest absolute Gasteiger partial charge is 0.319 e. The van der Waals surface area contributed by atoms with E-state index in [1.807, 2.05) is 18.2 Å². The lowest BCUT2D eigenvalue weighted by molar-refractivity contribution is -0.384. The van der Waals surface area contributed by atoms with Gasteiger partial charge in [0.15, 0.2) is 0 Å². The third-order valence-corrected chi connectivity index (χ3v) is 4.54. The Morgan fingerprint density at radius 2 is 1.85 bits per heavy atom. The summed E-state index contributed by atoms with van der Waals surface area (Å²) < 4.78 is 0. The van der Waals surface area contributed by atoms with Crippen molar-refractivity contribution in [3.63, 3.8) is 0 Å². The van der Waals surface area contributed by atoms with Crippen LogP contribution in [0.1, 0.15) is 24.4 Å². The minimum Gasteiger partial charge on any atom is -0.336 e. The number of rotatable bonds is 6. The van der Waals surface area contributed by atoms with E-state index in [0.717, 1.165) is 13.1 Å². The number of carbonyl (C=O) groups is 1. The van der Waals surface area contributed by atoms with Gasteiger partial charge in [-0.25, -0.2) is 4.79 Å². The molecule has 2 amide bonds. The molecule has 3 rings (SSSR count). The quantitative estimate of drug-likeness (QED) is 0.613. The number of benzene rings is 2. The van der Waals surface area contributed by atoms with Crippen LogP contribution in [-0.2, 0) is 0 Å². The standard InChI is InChI=1S/C19H22N4O3/c24-19(21-16-9-6-10-17(13-16)23(25)26)20-14-18(22-11-4-5-12-22)15-7-2-1-3-8-15/h1-3,6-10,13,18H,4-5,11-12,14H2,(H2,20,21,24)/t18-/m0/s1. The first-order valence-corrected chi connectivity index (χ1v) is 8.72. The number of amides is 2. The Morgan fingerprint density at radius 1 is 1.12 bits per heavy atom. The van der Waals surface area contributed by atoms with E-state index in [9.17, 15) is 14.9 Å². The van der Waals surface area contributed by atoms with E-state index in [4.69, 9.17) is 0 Å². The van der Waals surface area contributed by atoms with E-state index >= 15 is 0 Å². The number of nitro benzene ring substituents is 1. The third-order valence-electron chi connectivity index (χ3n) is 4.54. The average Bonchev–Trinajstić information content (AvgIpc) is 3.17. The van der Waals surface area contributed by atoms with Crippen LogP contribution >= 0.6 is 0 Å². The van der Waals surface area contributed by atoms with Crippen molar-refractivity contribution in [2.75, 3.05) is 25.0 Å². The molecule has 2 aromatic carbocycles. The number of non-ortho nitro benzene ring substituents is 1. The SMILES string of the molecule is O=C(NC[C@@H](c1ccccc1)N1CCCC1)Nc1cccc([N+](=O)[O-])c1. The summed E-state index contributed by atoms with van der Waals surface area (Å²) in [6, 6.07) is 15.8. The number of carbonyl (C=O) groups excluding carboxylic acids is 1. The van der Waals surface area contributed by atoms with Crippen molar-refractivity contribution < 1.29 is 9.72 Å². The van der Waals surface area contributed by atoms with Crippen LogP contribution in [0, 0.1) is 10.1 Å². The second-order valence-corrected chi connectivity index (χ2v) is 6.31. The van der Waals surface area contributed by atoms with Crippen LogP contribution in [0.5, 0.6) is 0 Å². The fourth-order valence-electron chi connectivity index (χ4n) is 3.25. The number of nitro groups is 1. The predicted octanol–water partition coefficient (Wildman–Crippen LogP) is 3.55. The zero-order chi connectivity index (χ0) is 18.4. The molecule has 7 nitrogen and oxygen atoms in total. The molecule has 1 heterocycles. The van der Waals surface area contributed by atoms with Gasteiger partial charge in [0.1, 0.15) is 0 Å². The number of hydrogen-bond donors (Lipinski definition) is 2. The Balaban J connectivity index is 1.62. The number of urea groups is 1. The Hall–Kier alpha value is -2.93. The molecule has 0 aliphatic carbocycles. The lowest BCUT2D eigenvalue weighted by Gasteiger charge is -2.28. The van der Waals surface area contributed by atoms with Crippen LogP contribution in [0.3, 0.4) is 0 Å². The molecule has 7 heteroatoms. The summed E-state index contributed by atoms with van der Waals surface area (Å²) in [6.07, 6.45) is 2.34. The van der Waals surface area contributed by atoms with Gasteiger partial charge < -0.3 is 10.6 Å². The van der Waals surface area contributed by atoms with Crippen LogP contribution in [0.15, 0.2) is 54.6 Å². The molecule has 1 aliphatic rings. The zero-order valence-corrected chi connectivity index (χ0v) is 14.4. The maximum atomic E-state index is 12.2. The number of nitrogens with zero attached hydrogens (tertiary/aromatic N) is 2. The van der Waals surface area contributed by atoms with Gasteiger partial charge in [-0.15, -0.1) is 0 Å². The molecule has 0 radical (unpaired) electrons. The van der Waals surface area contributed by atoms with Crippen molar-refractivity contribution in [3.8, 4) is 0 Å². The predicted molar refractivity (Wildman–Crippen MR) is 100 cm³/mol. The molecule has 1 atom stereocenters. The van der Waals surface area contributed by atoms with Crippen LogP contribution < -0.4 is 10.6 Å². The van der Waals surface area contributed by atoms with Crippen molar-refractivity contribution in [3.05, 3.63) is 70.3 Å². The monoisotopic (exact) mass is 354 g/mol. The highest BCUT2D eigenvalue weighted by atomic mass is 16.6. The van der Waals surface area contributed by atoms with Gasteiger partial charge in [-0.05, 0) is 37.6 Å². The number of hydrogen-bond acceptors (Lipinski definition) is 4. The largest absolute Gasteiger partial charge is 0.336 e. The van der Waals surface area contributed by atoms with Gasteiger partial charge in [-0.3, -0.25) is 15.0 Å². The molecule has 0 unspecified atom stereocenters. The first kappa shape index (κ1) is 17.9. The van der Waals surface area contributed by atoms with Gasteiger partial charge in [0.25, 0.3) is 5.69 Å². The summed E-state index contributed by atoms with van der Waals surface area (Å²) in [5, 5.41) is 16.4. The Kier molecular flexibility index (Phi) is 5.80. The topological polar surface area (TPSA) is 87.5 Å². The molecule has 2 aromatic rings. The second kappa shape index (κ2) is 8.44. The van der Waals surface area contributed by atoms with Gasteiger partial charge >= 0.3 is 6.03 Å². The van der Waals surface area contributed by atoms with E-state index < -0.39 is 4.92 Å². The van der Waals surface area contributed by atoms with Crippen molar-refractivity contribution >= 4 is 17.4 Å². The number of nitrogens with one attached hydrogen (secondary N) is 2. The van der Waals surface area contributed by atoms with Gasteiger partial charge in [0, 0.05) is 24.4 Å². The molecule has 0 bridgehead atoms. The van der Waals surface area contributed by atoms with Crippen molar-refractivity contribution in [1.82, 2.24) is 10.2 Å². The Morgan fingerprint density at radius 3 is 2.54 bits per heavy atom. The third kappa shape index (κ3) is 4.58. The van der Waals surface area contributed by atoms with Crippen LogP contribution in [0.4, 0.5) is 16.2 Å². The summed E-state index contributed by atoms with van der Waals surface area (Å²) in [6.45, 7) is 2.52. The molecule has 0 spiro atoms. The van der Waals surface area contributed by atoms with Crippen molar-refractivity contribution in [1.29, 1.82) is 0 Å². The summed E-state index contributed by atoms with van der Waals surface area (Å²) >= 11 is 0. The molecule has 2 N–H and O–H groups in total. The molecular weight excluding hydrogens is 332 g/mol. The summed E-state index contributed by atoms with van der Waals surface area (Å²) in [5.74, 6) is 0. The van der Waals surface area contributed by atoms with Gasteiger partial charge in [0.2, 0.25) is 0 Å². The van der Waals surface area contributed by atoms with E-state index in [1.165, 1.54) is 30.5 Å². The van der Waals surface area contributed by atoms with Crippen LogP contribution in [-0.4, -0.2) is 35.5 Å². The molecule has 136 valence electrons. The van der Waals surface area contributed by atoms with Gasteiger partial charge in [-0.2, -0.15) is 0 Å². The molecule has 0 saturated carbocycles. The maximum Gasteiger partial charge on any atom is 0.319 e. The molecule has 1 aliphatic heterocycles. The maximum absolute atomic E-state index is 12.2. The first-order chi connectivity index (χ1) is 12.6. The zero-order valence-electron chi connectivity index (χ0n) is 14.4. The molecule has 26 heavy (non-hydrogen) atoms. The van der Waals surface area contributed by atoms with Crippen LogP contribution in [0.2, 0.25) is 0 Å². The minimum atomic E-state index is -0.484. The van der Waals surface area contributed by atoms with E-state index in [2.05, 4.69) is 27.7 Å². The van der Waals surface area contributed by atoms with Crippen LogP contribution in [0.25, 0.3) is 0 Å².